The second-order valence-electron chi connectivity index (χ2n) is 6.32. The van der Waals surface area contributed by atoms with E-state index in [1.165, 1.54) is 56.1 Å². The van der Waals surface area contributed by atoms with Crippen molar-refractivity contribution >= 4 is 0 Å². The van der Waals surface area contributed by atoms with Crippen molar-refractivity contribution in [2.24, 2.45) is 5.73 Å². The molecule has 0 bridgehead atoms. The third kappa shape index (κ3) is 2.33. The molecule has 1 nitrogen and oxygen atoms in total. The second kappa shape index (κ2) is 5.05. The Morgan fingerprint density at radius 2 is 1.44 bits per heavy atom. The predicted molar refractivity (Wildman–Crippen MR) is 76.6 cm³/mol. The van der Waals surface area contributed by atoms with Crippen molar-refractivity contribution in [3.05, 3.63) is 35.4 Å². The highest BCUT2D eigenvalue weighted by Gasteiger charge is 2.29. The van der Waals surface area contributed by atoms with E-state index in [1.54, 1.807) is 0 Å². The van der Waals surface area contributed by atoms with Crippen molar-refractivity contribution in [1.82, 2.24) is 0 Å². The van der Waals surface area contributed by atoms with E-state index in [0.717, 1.165) is 18.8 Å². The lowest BCUT2D eigenvalue weighted by atomic mass is 9.77. The van der Waals surface area contributed by atoms with Crippen molar-refractivity contribution in [3.63, 3.8) is 0 Å². The van der Waals surface area contributed by atoms with Gasteiger partial charge in [0.2, 0.25) is 0 Å². The molecule has 0 atom stereocenters. The molecular weight excluding hydrogens is 218 g/mol. The van der Waals surface area contributed by atoms with Crippen molar-refractivity contribution in [3.8, 4) is 0 Å². The van der Waals surface area contributed by atoms with E-state index in [4.69, 9.17) is 5.73 Å². The van der Waals surface area contributed by atoms with Crippen molar-refractivity contribution in [2.75, 3.05) is 0 Å². The summed E-state index contributed by atoms with van der Waals surface area (Å²) >= 11 is 0. The van der Waals surface area contributed by atoms with Crippen molar-refractivity contribution in [2.45, 2.75) is 69.2 Å². The standard InChI is InChI=1S/C17H25N/c18-17(12-4-1-5-13-17)16-10-8-15(9-11-16)14-6-2-3-7-14/h8-11,14H,1-7,12-13,18H2. The Morgan fingerprint density at radius 1 is 0.833 bits per heavy atom. The van der Waals surface area contributed by atoms with Crippen LogP contribution in [-0.2, 0) is 5.54 Å². The molecule has 1 aromatic carbocycles. The molecule has 0 spiro atoms. The predicted octanol–water partition coefficient (Wildman–Crippen LogP) is 4.46. The summed E-state index contributed by atoms with van der Waals surface area (Å²) in [5, 5.41) is 0. The Labute approximate surface area is 111 Å². The summed E-state index contributed by atoms with van der Waals surface area (Å²) in [5.74, 6) is 0.819. The summed E-state index contributed by atoms with van der Waals surface area (Å²) in [6.07, 6.45) is 11.9. The highest BCUT2D eigenvalue weighted by atomic mass is 14.7. The van der Waals surface area contributed by atoms with Gasteiger partial charge in [0.05, 0.1) is 0 Å². The Bertz CT molecular complexity index is 381. The minimum atomic E-state index is -0.0353. The lowest BCUT2D eigenvalue weighted by Gasteiger charge is -2.34. The molecule has 0 unspecified atom stereocenters. The summed E-state index contributed by atoms with van der Waals surface area (Å²) in [5.41, 5.74) is 9.45. The van der Waals surface area contributed by atoms with E-state index < -0.39 is 0 Å². The Kier molecular flexibility index (Phi) is 3.43. The van der Waals surface area contributed by atoms with Crippen LogP contribution in [0.3, 0.4) is 0 Å². The van der Waals surface area contributed by atoms with Crippen molar-refractivity contribution < 1.29 is 0 Å². The van der Waals surface area contributed by atoms with Crippen LogP contribution < -0.4 is 5.73 Å². The number of hydrogen-bond donors (Lipinski definition) is 1. The van der Waals surface area contributed by atoms with Gasteiger partial charge in [-0.3, -0.25) is 0 Å². The van der Waals surface area contributed by atoms with Gasteiger partial charge in [-0.05, 0) is 42.7 Å². The summed E-state index contributed by atoms with van der Waals surface area (Å²) in [6.45, 7) is 0. The van der Waals surface area contributed by atoms with Gasteiger partial charge in [-0.2, -0.15) is 0 Å². The first-order valence-electron chi connectivity index (χ1n) is 7.67. The van der Waals surface area contributed by atoms with Crippen LogP contribution in [0.4, 0.5) is 0 Å². The number of benzene rings is 1. The minimum Gasteiger partial charge on any atom is -0.321 e. The van der Waals surface area contributed by atoms with Crippen LogP contribution >= 0.6 is 0 Å². The monoisotopic (exact) mass is 243 g/mol. The molecule has 0 aromatic heterocycles. The van der Waals surface area contributed by atoms with E-state index in [9.17, 15) is 0 Å². The molecule has 18 heavy (non-hydrogen) atoms. The van der Waals surface area contributed by atoms with Gasteiger partial charge in [-0.1, -0.05) is 56.4 Å². The van der Waals surface area contributed by atoms with Crippen molar-refractivity contribution in [1.29, 1.82) is 0 Å². The van der Waals surface area contributed by atoms with Crippen LogP contribution in [-0.4, -0.2) is 0 Å². The molecule has 3 rings (SSSR count). The van der Waals surface area contributed by atoms with Gasteiger partial charge in [0.25, 0.3) is 0 Å². The van der Waals surface area contributed by atoms with E-state index in [1.807, 2.05) is 0 Å². The zero-order chi connectivity index (χ0) is 12.4. The maximum absolute atomic E-state index is 6.58. The first-order chi connectivity index (χ1) is 8.78. The zero-order valence-corrected chi connectivity index (χ0v) is 11.3. The number of nitrogens with two attached hydrogens (primary N) is 1. The van der Waals surface area contributed by atoms with Gasteiger partial charge >= 0.3 is 0 Å². The minimum absolute atomic E-state index is 0.0353. The van der Waals surface area contributed by atoms with E-state index >= 15 is 0 Å². The van der Waals surface area contributed by atoms with Crippen LogP contribution in [0.2, 0.25) is 0 Å². The van der Waals surface area contributed by atoms with Crippen LogP contribution in [0.1, 0.15) is 74.8 Å². The average Bonchev–Trinajstić information content (AvgIpc) is 2.94. The molecule has 0 aliphatic heterocycles. The average molecular weight is 243 g/mol. The van der Waals surface area contributed by atoms with Crippen LogP contribution in [0.15, 0.2) is 24.3 Å². The molecule has 0 saturated heterocycles. The van der Waals surface area contributed by atoms with Gasteiger partial charge in [0.15, 0.2) is 0 Å². The van der Waals surface area contributed by atoms with Gasteiger partial charge in [0, 0.05) is 5.54 Å². The normalized spacial score (nSPS) is 24.3. The highest BCUT2D eigenvalue weighted by molar-refractivity contribution is 5.31. The third-order valence-corrected chi connectivity index (χ3v) is 5.06. The summed E-state index contributed by atoms with van der Waals surface area (Å²) in [6, 6.07) is 9.29. The molecule has 2 aliphatic carbocycles. The molecule has 2 fully saturated rings. The number of hydrogen-bond acceptors (Lipinski definition) is 1. The highest BCUT2D eigenvalue weighted by Crippen LogP contribution is 2.37. The van der Waals surface area contributed by atoms with E-state index in [-0.39, 0.29) is 5.54 Å². The molecule has 2 N–H and O–H groups in total. The lowest BCUT2D eigenvalue weighted by Crippen LogP contribution is -2.38. The zero-order valence-electron chi connectivity index (χ0n) is 11.3. The molecule has 2 saturated carbocycles. The Hall–Kier alpha value is -0.820. The molecule has 0 amide bonds. The number of rotatable bonds is 2. The van der Waals surface area contributed by atoms with E-state index in [2.05, 4.69) is 24.3 Å². The van der Waals surface area contributed by atoms with Gasteiger partial charge in [0.1, 0.15) is 0 Å². The molecule has 1 heteroatoms. The third-order valence-electron chi connectivity index (χ3n) is 5.06. The Balaban J connectivity index is 1.77. The van der Waals surface area contributed by atoms with Crippen LogP contribution in [0.25, 0.3) is 0 Å². The summed E-state index contributed by atoms with van der Waals surface area (Å²) in [7, 11) is 0. The molecule has 1 aromatic rings. The first-order valence-corrected chi connectivity index (χ1v) is 7.67. The summed E-state index contributed by atoms with van der Waals surface area (Å²) in [4.78, 5) is 0. The SMILES string of the molecule is NC1(c2ccc(C3CCCC3)cc2)CCCCC1. The quantitative estimate of drug-likeness (QED) is 0.815. The molecule has 98 valence electrons. The van der Waals surface area contributed by atoms with Gasteiger partial charge in [-0.15, -0.1) is 0 Å². The van der Waals surface area contributed by atoms with Gasteiger partial charge < -0.3 is 5.73 Å². The molecule has 0 radical (unpaired) electrons. The van der Waals surface area contributed by atoms with Gasteiger partial charge in [-0.25, -0.2) is 0 Å². The summed E-state index contributed by atoms with van der Waals surface area (Å²) < 4.78 is 0. The molecule has 2 aliphatic rings. The molecule has 0 heterocycles. The largest absolute Gasteiger partial charge is 0.321 e. The maximum atomic E-state index is 6.58. The lowest BCUT2D eigenvalue weighted by molar-refractivity contribution is 0.302. The first kappa shape index (κ1) is 12.2. The smallest absolute Gasteiger partial charge is 0.0409 e. The topological polar surface area (TPSA) is 26.0 Å². The fraction of sp³-hybridized carbons (Fsp3) is 0.647. The molecular formula is C17H25N. The van der Waals surface area contributed by atoms with Crippen LogP contribution in [0, 0.1) is 0 Å². The maximum Gasteiger partial charge on any atom is 0.0409 e. The second-order valence-corrected chi connectivity index (χ2v) is 6.32. The fourth-order valence-corrected chi connectivity index (χ4v) is 3.82. The Morgan fingerprint density at radius 3 is 2.06 bits per heavy atom. The fourth-order valence-electron chi connectivity index (χ4n) is 3.82. The van der Waals surface area contributed by atoms with Crippen LogP contribution in [0.5, 0.6) is 0 Å². The van der Waals surface area contributed by atoms with E-state index in [0.29, 0.717) is 0 Å².